The van der Waals surface area contributed by atoms with E-state index in [0.717, 1.165) is 4.57 Å². The fraction of sp³-hybridized carbons (Fsp3) is 0.600. The van der Waals surface area contributed by atoms with E-state index in [9.17, 15) is 9.59 Å². The smallest absolute Gasteiger partial charge is 0.330 e. The van der Waals surface area contributed by atoms with Gasteiger partial charge in [0.05, 0.1) is 12.1 Å². The maximum absolute atomic E-state index is 11.9. The van der Waals surface area contributed by atoms with Gasteiger partial charge in [-0.1, -0.05) is 11.6 Å². The number of aromatic amines is 1. The fourth-order valence-corrected chi connectivity index (χ4v) is 1.73. The van der Waals surface area contributed by atoms with E-state index in [2.05, 4.69) is 4.98 Å². The second kappa shape index (κ2) is 4.43. The Morgan fingerprint density at radius 1 is 1.44 bits per heavy atom. The van der Waals surface area contributed by atoms with Crippen molar-refractivity contribution in [3.8, 4) is 0 Å². The summed E-state index contributed by atoms with van der Waals surface area (Å²) in [6.07, 6.45) is 0. The van der Waals surface area contributed by atoms with E-state index < -0.39 is 16.8 Å². The Morgan fingerprint density at radius 3 is 2.50 bits per heavy atom. The van der Waals surface area contributed by atoms with Gasteiger partial charge in [0.2, 0.25) is 0 Å². The Bertz CT molecular complexity index is 502. The zero-order valence-electron chi connectivity index (χ0n) is 9.76. The van der Waals surface area contributed by atoms with E-state index in [1.54, 1.807) is 20.8 Å². The molecule has 0 aliphatic rings. The lowest BCUT2D eigenvalue weighted by molar-refractivity contribution is 0.104. The predicted molar refractivity (Wildman–Crippen MR) is 62.3 cm³/mol. The molecular formula is C10H15ClN2O3. The summed E-state index contributed by atoms with van der Waals surface area (Å²) in [6, 6.07) is 0. The maximum Gasteiger partial charge on any atom is 0.330 e. The Balaban J connectivity index is 3.52. The molecular weight excluding hydrogens is 232 g/mol. The van der Waals surface area contributed by atoms with E-state index >= 15 is 0 Å². The van der Waals surface area contributed by atoms with Gasteiger partial charge in [-0.2, -0.15) is 0 Å². The van der Waals surface area contributed by atoms with E-state index in [1.165, 1.54) is 7.11 Å². The second-order valence-corrected chi connectivity index (χ2v) is 4.63. The van der Waals surface area contributed by atoms with Crippen molar-refractivity contribution >= 4 is 11.6 Å². The van der Waals surface area contributed by atoms with Gasteiger partial charge in [-0.15, -0.1) is 0 Å². The van der Waals surface area contributed by atoms with Gasteiger partial charge in [-0.25, -0.2) is 4.79 Å². The van der Waals surface area contributed by atoms with Gasteiger partial charge in [0, 0.05) is 12.7 Å². The Kier molecular flexibility index (Phi) is 3.60. The monoisotopic (exact) mass is 246 g/mol. The molecule has 5 nitrogen and oxygen atoms in total. The number of methoxy groups -OCH3 is 1. The molecule has 1 aromatic heterocycles. The highest BCUT2D eigenvalue weighted by molar-refractivity contribution is 6.30. The number of rotatable bonds is 3. The second-order valence-electron chi connectivity index (χ2n) is 4.26. The number of H-pyrrole nitrogens is 1. The van der Waals surface area contributed by atoms with E-state index in [4.69, 9.17) is 16.3 Å². The van der Waals surface area contributed by atoms with Crippen LogP contribution in [-0.2, 0) is 10.3 Å². The molecule has 90 valence electrons. The summed E-state index contributed by atoms with van der Waals surface area (Å²) >= 11 is 5.72. The summed E-state index contributed by atoms with van der Waals surface area (Å²) in [5, 5.41) is 0.0828. The highest BCUT2D eigenvalue weighted by atomic mass is 35.5. The van der Waals surface area contributed by atoms with Crippen molar-refractivity contribution in [3.63, 3.8) is 0 Å². The van der Waals surface area contributed by atoms with Crippen molar-refractivity contribution in [1.29, 1.82) is 0 Å². The van der Waals surface area contributed by atoms with Crippen LogP contribution in [0.2, 0.25) is 5.15 Å². The molecule has 0 aromatic carbocycles. The lowest BCUT2D eigenvalue weighted by atomic mass is 10.1. The molecule has 0 fully saturated rings. The van der Waals surface area contributed by atoms with Crippen molar-refractivity contribution < 1.29 is 4.74 Å². The van der Waals surface area contributed by atoms with Crippen LogP contribution in [0.15, 0.2) is 9.59 Å². The largest absolute Gasteiger partial charge is 0.382 e. The summed E-state index contributed by atoms with van der Waals surface area (Å²) in [5.74, 6) is 0. The lowest BCUT2D eigenvalue weighted by Gasteiger charge is -2.25. The molecule has 1 N–H and O–H groups in total. The van der Waals surface area contributed by atoms with Crippen molar-refractivity contribution in [3.05, 3.63) is 31.6 Å². The third-order valence-corrected chi connectivity index (χ3v) is 2.75. The number of ether oxygens (including phenoxy) is 1. The van der Waals surface area contributed by atoms with Crippen LogP contribution in [0.25, 0.3) is 0 Å². The van der Waals surface area contributed by atoms with Gasteiger partial charge in [0.25, 0.3) is 5.56 Å². The molecule has 0 spiro atoms. The number of aromatic nitrogens is 2. The minimum absolute atomic E-state index is 0.0828. The molecule has 0 atom stereocenters. The quantitative estimate of drug-likeness (QED) is 0.806. The van der Waals surface area contributed by atoms with Gasteiger partial charge in [-0.05, 0) is 20.8 Å². The molecule has 1 heterocycles. The zero-order chi connectivity index (χ0) is 12.5. The van der Waals surface area contributed by atoms with Crippen LogP contribution < -0.4 is 11.2 Å². The van der Waals surface area contributed by atoms with Crippen LogP contribution in [0.3, 0.4) is 0 Å². The van der Waals surface area contributed by atoms with Crippen LogP contribution in [0.1, 0.15) is 19.4 Å². The van der Waals surface area contributed by atoms with Crippen molar-refractivity contribution in [2.75, 3.05) is 13.7 Å². The summed E-state index contributed by atoms with van der Waals surface area (Å²) < 4.78 is 6.12. The van der Waals surface area contributed by atoms with Crippen molar-refractivity contribution in [2.24, 2.45) is 0 Å². The number of nitrogens with one attached hydrogen (secondary N) is 1. The highest BCUT2D eigenvalue weighted by Crippen LogP contribution is 2.12. The predicted octanol–water partition coefficient (Wildman–Crippen LogP) is 0.880. The first-order valence-corrected chi connectivity index (χ1v) is 5.20. The zero-order valence-corrected chi connectivity index (χ0v) is 10.5. The number of hydrogen-bond donors (Lipinski definition) is 1. The van der Waals surface area contributed by atoms with Crippen molar-refractivity contribution in [2.45, 2.75) is 26.3 Å². The molecule has 0 bridgehead atoms. The molecule has 0 aliphatic carbocycles. The molecule has 0 radical (unpaired) electrons. The van der Waals surface area contributed by atoms with Crippen LogP contribution in [0.5, 0.6) is 0 Å². The number of nitrogens with zero attached hydrogens (tertiary/aromatic N) is 1. The van der Waals surface area contributed by atoms with Gasteiger partial charge in [0.15, 0.2) is 0 Å². The first-order chi connectivity index (χ1) is 7.31. The number of halogens is 1. The third kappa shape index (κ3) is 2.20. The lowest BCUT2D eigenvalue weighted by Crippen LogP contribution is -2.49. The molecule has 0 unspecified atom stereocenters. The van der Waals surface area contributed by atoms with E-state index in [-0.39, 0.29) is 11.8 Å². The van der Waals surface area contributed by atoms with E-state index in [0.29, 0.717) is 5.56 Å². The normalized spacial score (nSPS) is 11.8. The molecule has 0 saturated carbocycles. The summed E-state index contributed by atoms with van der Waals surface area (Å²) in [5.41, 5.74) is -1.31. The summed E-state index contributed by atoms with van der Waals surface area (Å²) in [6.45, 7) is 5.33. The number of hydrogen-bond acceptors (Lipinski definition) is 3. The summed E-state index contributed by atoms with van der Waals surface area (Å²) in [7, 11) is 1.52. The SMILES string of the molecule is COCC(C)(C)n1c(=O)[nH]c(Cl)c(C)c1=O. The minimum atomic E-state index is -0.714. The van der Waals surface area contributed by atoms with Crippen LogP contribution >= 0.6 is 11.6 Å². The van der Waals surface area contributed by atoms with Crippen LogP contribution in [0, 0.1) is 6.92 Å². The van der Waals surface area contributed by atoms with Gasteiger partial charge < -0.3 is 4.74 Å². The molecule has 0 saturated heterocycles. The van der Waals surface area contributed by atoms with E-state index in [1.807, 2.05) is 0 Å². The standard InChI is InChI=1S/C10H15ClN2O3/c1-6-7(11)12-9(15)13(8(6)14)10(2,3)5-16-4/h5H2,1-4H3,(H,12,15). The first-order valence-electron chi connectivity index (χ1n) is 4.82. The third-order valence-electron chi connectivity index (χ3n) is 2.38. The van der Waals surface area contributed by atoms with Crippen LogP contribution in [0.4, 0.5) is 0 Å². The Hall–Kier alpha value is -1.07. The minimum Gasteiger partial charge on any atom is -0.382 e. The maximum atomic E-state index is 11.9. The average Bonchev–Trinajstić information content (AvgIpc) is 2.13. The van der Waals surface area contributed by atoms with Gasteiger partial charge >= 0.3 is 5.69 Å². The molecule has 6 heteroatoms. The fourth-order valence-electron chi connectivity index (χ4n) is 1.56. The van der Waals surface area contributed by atoms with Crippen molar-refractivity contribution in [1.82, 2.24) is 9.55 Å². The topological polar surface area (TPSA) is 64.1 Å². The highest BCUT2D eigenvalue weighted by Gasteiger charge is 2.25. The summed E-state index contributed by atoms with van der Waals surface area (Å²) in [4.78, 5) is 26.1. The molecule has 1 aromatic rings. The van der Waals surface area contributed by atoms with Gasteiger partial charge in [-0.3, -0.25) is 14.3 Å². The van der Waals surface area contributed by atoms with Crippen LogP contribution in [-0.4, -0.2) is 23.3 Å². The first kappa shape index (κ1) is 13.0. The molecule has 0 aliphatic heterocycles. The Labute approximate surface area is 98.0 Å². The molecule has 16 heavy (non-hydrogen) atoms. The average molecular weight is 247 g/mol. The molecule has 0 amide bonds. The Morgan fingerprint density at radius 2 is 2.00 bits per heavy atom. The molecule has 1 rings (SSSR count). The van der Waals surface area contributed by atoms with Gasteiger partial charge in [0.1, 0.15) is 5.15 Å².